The molecule has 3 unspecified atom stereocenters. The van der Waals surface area contributed by atoms with Crippen molar-refractivity contribution in [2.24, 2.45) is 0 Å². The maximum atomic E-state index is 12.4. The monoisotopic (exact) mass is 324 g/mol. The van der Waals surface area contributed by atoms with E-state index in [1.165, 1.54) is 0 Å². The van der Waals surface area contributed by atoms with Crippen LogP contribution in [0.25, 0.3) is 0 Å². The van der Waals surface area contributed by atoms with Gasteiger partial charge in [-0.2, -0.15) is 0 Å². The summed E-state index contributed by atoms with van der Waals surface area (Å²) in [5.74, 6) is -0.620. The lowest BCUT2D eigenvalue weighted by molar-refractivity contribution is -0.124. The fraction of sp³-hybridized carbons (Fsp3) is 0.263. The minimum absolute atomic E-state index is 0.300. The van der Waals surface area contributed by atoms with Crippen molar-refractivity contribution in [1.82, 2.24) is 10.6 Å². The van der Waals surface area contributed by atoms with E-state index >= 15 is 0 Å². The highest BCUT2D eigenvalue weighted by atomic mass is 16.3. The summed E-state index contributed by atoms with van der Waals surface area (Å²) in [5, 5.41) is 15.7. The third kappa shape index (κ3) is 3.31. The van der Waals surface area contributed by atoms with E-state index in [-0.39, 0.29) is 11.8 Å². The first-order valence-electron chi connectivity index (χ1n) is 7.98. The van der Waals surface area contributed by atoms with E-state index in [4.69, 9.17) is 0 Å². The molecule has 0 aliphatic heterocycles. The Morgan fingerprint density at radius 3 is 2.50 bits per heavy atom. The van der Waals surface area contributed by atoms with Gasteiger partial charge in [-0.25, -0.2) is 0 Å². The Hall–Kier alpha value is -2.66. The first-order chi connectivity index (χ1) is 11.6. The molecule has 0 heterocycles. The summed E-state index contributed by atoms with van der Waals surface area (Å²) < 4.78 is 0. The average Bonchev–Trinajstić information content (AvgIpc) is 2.91. The zero-order valence-electron chi connectivity index (χ0n) is 13.4. The predicted molar refractivity (Wildman–Crippen MR) is 90.4 cm³/mol. The minimum Gasteiger partial charge on any atom is -0.390 e. The predicted octanol–water partition coefficient (Wildman–Crippen LogP) is 1.58. The molecule has 2 aromatic carbocycles. The van der Waals surface area contributed by atoms with Gasteiger partial charge in [-0.05, 0) is 30.2 Å². The number of carbonyl (C=O) groups is 2. The van der Waals surface area contributed by atoms with Crippen LogP contribution in [0.1, 0.15) is 34.5 Å². The largest absolute Gasteiger partial charge is 0.390 e. The molecule has 3 atom stereocenters. The van der Waals surface area contributed by atoms with Crippen LogP contribution < -0.4 is 10.6 Å². The molecule has 2 amide bonds. The number of fused-ring (bicyclic) bond motifs is 1. The second kappa shape index (κ2) is 6.84. The van der Waals surface area contributed by atoms with Gasteiger partial charge in [-0.3, -0.25) is 9.59 Å². The topological polar surface area (TPSA) is 78.4 Å². The van der Waals surface area contributed by atoms with Crippen LogP contribution in [0.2, 0.25) is 0 Å². The number of amides is 2. The first kappa shape index (κ1) is 16.2. The van der Waals surface area contributed by atoms with E-state index < -0.39 is 18.2 Å². The molecule has 0 spiro atoms. The molecular formula is C19H20N2O3. The molecule has 24 heavy (non-hydrogen) atoms. The van der Waals surface area contributed by atoms with Crippen LogP contribution in [-0.2, 0) is 11.2 Å². The molecule has 2 aromatic rings. The molecule has 3 rings (SSSR count). The van der Waals surface area contributed by atoms with E-state index in [0.717, 1.165) is 11.1 Å². The third-order valence-electron chi connectivity index (χ3n) is 4.28. The number of rotatable bonds is 4. The van der Waals surface area contributed by atoms with Crippen LogP contribution in [0, 0.1) is 0 Å². The zero-order chi connectivity index (χ0) is 17.1. The van der Waals surface area contributed by atoms with Crippen molar-refractivity contribution in [2.45, 2.75) is 31.5 Å². The van der Waals surface area contributed by atoms with E-state index in [0.29, 0.717) is 12.0 Å². The minimum atomic E-state index is -0.697. The molecule has 0 saturated carbocycles. The molecule has 124 valence electrons. The van der Waals surface area contributed by atoms with Crippen molar-refractivity contribution >= 4 is 11.8 Å². The normalized spacial score (nSPS) is 20.1. The number of aliphatic hydroxyl groups is 1. The van der Waals surface area contributed by atoms with Gasteiger partial charge >= 0.3 is 0 Å². The highest BCUT2D eigenvalue weighted by molar-refractivity contribution is 5.97. The Balaban J connectivity index is 1.64. The molecule has 3 N–H and O–H groups in total. The summed E-state index contributed by atoms with van der Waals surface area (Å²) in [4.78, 5) is 24.5. The number of hydrogen-bond donors (Lipinski definition) is 3. The Morgan fingerprint density at radius 1 is 1.08 bits per heavy atom. The molecule has 5 heteroatoms. The zero-order valence-corrected chi connectivity index (χ0v) is 13.4. The molecule has 0 radical (unpaired) electrons. The SMILES string of the molecule is CC(NC(=O)c1ccccc1)C(=O)NC1c2ccccc2CC1O. The lowest BCUT2D eigenvalue weighted by atomic mass is 10.1. The van der Waals surface area contributed by atoms with Crippen molar-refractivity contribution in [3.8, 4) is 0 Å². The van der Waals surface area contributed by atoms with Crippen LogP contribution in [-0.4, -0.2) is 29.1 Å². The van der Waals surface area contributed by atoms with Gasteiger partial charge in [0.05, 0.1) is 12.1 Å². The second-order valence-corrected chi connectivity index (χ2v) is 6.02. The van der Waals surface area contributed by atoms with Gasteiger partial charge in [-0.15, -0.1) is 0 Å². The highest BCUT2D eigenvalue weighted by Crippen LogP contribution is 2.31. The summed E-state index contributed by atoms with van der Waals surface area (Å²) in [6, 6.07) is 15.3. The van der Waals surface area contributed by atoms with Crippen molar-refractivity contribution < 1.29 is 14.7 Å². The van der Waals surface area contributed by atoms with E-state index in [2.05, 4.69) is 10.6 Å². The van der Waals surface area contributed by atoms with E-state index in [1.54, 1.807) is 31.2 Å². The van der Waals surface area contributed by atoms with Gasteiger partial charge in [-0.1, -0.05) is 42.5 Å². The Labute approximate surface area is 140 Å². The smallest absolute Gasteiger partial charge is 0.251 e. The highest BCUT2D eigenvalue weighted by Gasteiger charge is 2.33. The maximum Gasteiger partial charge on any atom is 0.251 e. The van der Waals surface area contributed by atoms with Gasteiger partial charge in [0.1, 0.15) is 6.04 Å². The average molecular weight is 324 g/mol. The summed E-state index contributed by atoms with van der Waals surface area (Å²) in [6.07, 6.45) is -0.130. The quantitative estimate of drug-likeness (QED) is 0.799. The fourth-order valence-corrected chi connectivity index (χ4v) is 2.96. The Morgan fingerprint density at radius 2 is 1.75 bits per heavy atom. The number of carbonyl (C=O) groups excluding carboxylic acids is 2. The summed E-state index contributed by atoms with van der Waals surface area (Å²) in [5.41, 5.74) is 2.47. The van der Waals surface area contributed by atoms with Crippen molar-refractivity contribution in [3.05, 3.63) is 71.3 Å². The molecule has 1 aliphatic rings. The van der Waals surface area contributed by atoms with Gasteiger partial charge in [0, 0.05) is 12.0 Å². The van der Waals surface area contributed by atoms with Gasteiger partial charge < -0.3 is 15.7 Å². The summed E-state index contributed by atoms with van der Waals surface area (Å²) in [7, 11) is 0. The second-order valence-electron chi connectivity index (χ2n) is 6.02. The molecule has 0 fully saturated rings. The Kier molecular flexibility index (Phi) is 4.62. The Bertz CT molecular complexity index is 745. The first-order valence-corrected chi connectivity index (χ1v) is 7.98. The lowest BCUT2D eigenvalue weighted by Crippen LogP contribution is -2.47. The van der Waals surface area contributed by atoms with Crippen LogP contribution in [0.5, 0.6) is 0 Å². The van der Waals surface area contributed by atoms with Gasteiger partial charge in [0.15, 0.2) is 0 Å². The lowest BCUT2D eigenvalue weighted by Gasteiger charge is -2.21. The number of benzene rings is 2. The van der Waals surface area contributed by atoms with Crippen molar-refractivity contribution in [1.29, 1.82) is 0 Å². The van der Waals surface area contributed by atoms with Gasteiger partial charge in [0.25, 0.3) is 5.91 Å². The summed E-state index contributed by atoms with van der Waals surface area (Å²) in [6.45, 7) is 1.63. The summed E-state index contributed by atoms with van der Waals surface area (Å²) >= 11 is 0. The standard InChI is InChI=1S/C19H20N2O3/c1-12(20-19(24)13-7-3-2-4-8-13)18(23)21-17-15-10-6-5-9-14(15)11-16(17)22/h2-10,12,16-17,22H,11H2,1H3,(H,20,24)(H,21,23). The molecule has 0 bridgehead atoms. The number of aliphatic hydroxyl groups excluding tert-OH is 1. The maximum absolute atomic E-state index is 12.4. The van der Waals surface area contributed by atoms with Crippen LogP contribution in [0.15, 0.2) is 54.6 Å². The number of hydrogen-bond acceptors (Lipinski definition) is 3. The van der Waals surface area contributed by atoms with Crippen molar-refractivity contribution in [3.63, 3.8) is 0 Å². The molecule has 1 aliphatic carbocycles. The van der Waals surface area contributed by atoms with E-state index in [9.17, 15) is 14.7 Å². The van der Waals surface area contributed by atoms with Crippen LogP contribution >= 0.6 is 0 Å². The molecule has 0 saturated heterocycles. The molecule has 0 aromatic heterocycles. The van der Waals surface area contributed by atoms with E-state index in [1.807, 2.05) is 30.3 Å². The van der Waals surface area contributed by atoms with Crippen molar-refractivity contribution in [2.75, 3.05) is 0 Å². The van der Waals surface area contributed by atoms with Gasteiger partial charge in [0.2, 0.25) is 5.91 Å². The molecule has 5 nitrogen and oxygen atoms in total. The van der Waals surface area contributed by atoms with Crippen LogP contribution in [0.3, 0.4) is 0 Å². The van der Waals surface area contributed by atoms with Crippen LogP contribution in [0.4, 0.5) is 0 Å². The third-order valence-corrected chi connectivity index (χ3v) is 4.28. The fourth-order valence-electron chi connectivity index (χ4n) is 2.96. The number of nitrogens with one attached hydrogen (secondary N) is 2. The molecular weight excluding hydrogens is 304 g/mol.